The molecular weight excluding hydrogens is 202 g/mol. The molecule has 5 heteroatoms. The van der Waals surface area contributed by atoms with E-state index in [4.69, 9.17) is 5.73 Å². The maximum absolute atomic E-state index is 5.86. The Hall–Kier alpha value is -1.91. The number of aromatic amines is 1. The molecule has 0 unspecified atom stereocenters. The predicted molar refractivity (Wildman–Crippen MR) is 62.5 cm³/mol. The maximum atomic E-state index is 5.86. The fourth-order valence-corrected chi connectivity index (χ4v) is 2.04. The van der Waals surface area contributed by atoms with Crippen molar-refractivity contribution < 1.29 is 0 Å². The molecule has 0 aromatic carbocycles. The topological polar surface area (TPSA) is 80.5 Å². The normalized spacial score (nSPS) is 16.4. The van der Waals surface area contributed by atoms with Crippen LogP contribution in [0.15, 0.2) is 12.4 Å². The van der Waals surface area contributed by atoms with Crippen molar-refractivity contribution in [2.75, 3.05) is 5.73 Å². The number of hydrogen-bond acceptors (Lipinski definition) is 4. The number of fused-ring (bicyclic) bond motifs is 1. The first-order valence-corrected chi connectivity index (χ1v) is 5.50. The third-order valence-electron chi connectivity index (χ3n) is 2.89. The second kappa shape index (κ2) is 3.59. The summed E-state index contributed by atoms with van der Waals surface area (Å²) in [4.78, 5) is 15.8. The first-order chi connectivity index (χ1) is 7.84. The number of hydrogen-bond donors (Lipinski definition) is 2. The van der Waals surface area contributed by atoms with Crippen molar-refractivity contribution >= 4 is 22.6 Å². The molecule has 0 atom stereocenters. The van der Waals surface area contributed by atoms with Crippen LogP contribution in [0.2, 0.25) is 0 Å². The van der Waals surface area contributed by atoms with Gasteiger partial charge in [0.15, 0.2) is 17.3 Å². The minimum Gasteiger partial charge on any atom is -0.382 e. The van der Waals surface area contributed by atoms with Crippen molar-refractivity contribution in [1.82, 2.24) is 19.9 Å². The summed E-state index contributed by atoms with van der Waals surface area (Å²) in [6, 6.07) is 0. The van der Waals surface area contributed by atoms with Gasteiger partial charge >= 0.3 is 0 Å². The van der Waals surface area contributed by atoms with Gasteiger partial charge in [0.1, 0.15) is 5.52 Å². The van der Waals surface area contributed by atoms with Gasteiger partial charge in [0.25, 0.3) is 0 Å². The maximum Gasteiger partial charge on any atom is 0.183 e. The first kappa shape index (κ1) is 9.33. The van der Waals surface area contributed by atoms with Crippen LogP contribution in [0.3, 0.4) is 0 Å². The zero-order valence-corrected chi connectivity index (χ0v) is 8.90. The van der Waals surface area contributed by atoms with E-state index >= 15 is 0 Å². The predicted octanol–water partition coefficient (Wildman–Crippen LogP) is 1.89. The van der Waals surface area contributed by atoms with Crippen LogP contribution in [0.4, 0.5) is 5.82 Å². The first-order valence-electron chi connectivity index (χ1n) is 5.50. The van der Waals surface area contributed by atoms with E-state index in [1.807, 2.05) is 0 Å². The third kappa shape index (κ3) is 1.44. The highest BCUT2D eigenvalue weighted by Crippen LogP contribution is 2.26. The molecule has 1 aliphatic rings. The van der Waals surface area contributed by atoms with Gasteiger partial charge in [-0.05, 0) is 31.3 Å². The summed E-state index contributed by atoms with van der Waals surface area (Å²) >= 11 is 0. The highest BCUT2D eigenvalue weighted by atomic mass is 15.0. The molecule has 0 spiro atoms. The second-order valence-corrected chi connectivity index (χ2v) is 4.01. The standard InChI is InChI=1S/C11H13N5/c12-9-8-11(14-6-13-8)16-10(15-9)7-4-2-1-3-5-7/h4,6H,1-3,5H2,(H3,12,13,14,15,16). The zero-order valence-electron chi connectivity index (χ0n) is 8.90. The second-order valence-electron chi connectivity index (χ2n) is 4.01. The summed E-state index contributed by atoms with van der Waals surface area (Å²) in [6.07, 6.45) is 8.40. The fraction of sp³-hybridized carbons (Fsp3) is 0.364. The minimum absolute atomic E-state index is 0.476. The number of nitrogens with two attached hydrogens (primary N) is 1. The number of allylic oxidation sites excluding steroid dienone is 2. The Labute approximate surface area is 92.8 Å². The number of nitrogens with zero attached hydrogens (tertiary/aromatic N) is 3. The lowest BCUT2D eigenvalue weighted by atomic mass is 9.99. The van der Waals surface area contributed by atoms with Crippen LogP contribution in [0.1, 0.15) is 31.5 Å². The summed E-state index contributed by atoms with van der Waals surface area (Å²) in [6.45, 7) is 0. The minimum atomic E-state index is 0.476. The largest absolute Gasteiger partial charge is 0.382 e. The monoisotopic (exact) mass is 215 g/mol. The van der Waals surface area contributed by atoms with Crippen molar-refractivity contribution in [2.24, 2.45) is 0 Å². The summed E-state index contributed by atoms with van der Waals surface area (Å²) in [5, 5.41) is 0. The van der Waals surface area contributed by atoms with Gasteiger partial charge in [-0.2, -0.15) is 0 Å². The lowest BCUT2D eigenvalue weighted by molar-refractivity contribution is 0.737. The van der Waals surface area contributed by atoms with Gasteiger partial charge in [-0.25, -0.2) is 15.0 Å². The quantitative estimate of drug-likeness (QED) is 0.761. The van der Waals surface area contributed by atoms with Crippen molar-refractivity contribution in [3.05, 3.63) is 18.2 Å². The number of anilines is 1. The van der Waals surface area contributed by atoms with Gasteiger partial charge in [0.05, 0.1) is 6.33 Å². The third-order valence-corrected chi connectivity index (χ3v) is 2.89. The van der Waals surface area contributed by atoms with Crippen LogP contribution >= 0.6 is 0 Å². The average molecular weight is 215 g/mol. The lowest BCUT2D eigenvalue weighted by Crippen LogP contribution is -2.02. The Morgan fingerprint density at radius 1 is 1.25 bits per heavy atom. The Kier molecular flexibility index (Phi) is 2.09. The highest BCUT2D eigenvalue weighted by Gasteiger charge is 2.12. The van der Waals surface area contributed by atoms with Crippen molar-refractivity contribution in [2.45, 2.75) is 25.7 Å². The smallest absolute Gasteiger partial charge is 0.183 e. The zero-order chi connectivity index (χ0) is 11.0. The Morgan fingerprint density at radius 3 is 3.00 bits per heavy atom. The van der Waals surface area contributed by atoms with Gasteiger partial charge in [-0.1, -0.05) is 6.08 Å². The Balaban J connectivity index is 2.13. The molecule has 82 valence electrons. The Bertz CT molecular complexity index is 555. The molecule has 3 rings (SSSR count). The molecule has 5 nitrogen and oxygen atoms in total. The molecule has 2 aromatic rings. The van der Waals surface area contributed by atoms with E-state index in [0.29, 0.717) is 11.5 Å². The van der Waals surface area contributed by atoms with E-state index in [1.165, 1.54) is 18.4 Å². The van der Waals surface area contributed by atoms with Crippen molar-refractivity contribution in [3.8, 4) is 0 Å². The molecule has 16 heavy (non-hydrogen) atoms. The van der Waals surface area contributed by atoms with Crippen LogP contribution in [0, 0.1) is 0 Å². The van der Waals surface area contributed by atoms with Crippen LogP contribution in [0.25, 0.3) is 16.7 Å². The van der Waals surface area contributed by atoms with Crippen molar-refractivity contribution in [3.63, 3.8) is 0 Å². The van der Waals surface area contributed by atoms with Gasteiger partial charge in [0, 0.05) is 0 Å². The molecular formula is C11H13N5. The SMILES string of the molecule is Nc1nc(C2=CCCCC2)nc2nc[nH]c12. The molecule has 0 saturated carbocycles. The van der Waals surface area contributed by atoms with Gasteiger partial charge in [0.2, 0.25) is 0 Å². The van der Waals surface area contributed by atoms with Crippen LogP contribution in [-0.2, 0) is 0 Å². The summed E-state index contributed by atoms with van der Waals surface area (Å²) < 4.78 is 0. The van der Waals surface area contributed by atoms with E-state index in [-0.39, 0.29) is 0 Å². The lowest BCUT2D eigenvalue weighted by Gasteiger charge is -2.11. The number of imidazole rings is 1. The number of nitrogen functional groups attached to an aromatic ring is 1. The van der Waals surface area contributed by atoms with E-state index in [1.54, 1.807) is 6.33 Å². The summed E-state index contributed by atoms with van der Waals surface area (Å²) in [5.74, 6) is 1.21. The molecule has 0 radical (unpaired) electrons. The van der Waals surface area contributed by atoms with Crippen molar-refractivity contribution in [1.29, 1.82) is 0 Å². The number of aromatic nitrogens is 4. The molecule has 1 aliphatic carbocycles. The molecule has 0 fully saturated rings. The van der Waals surface area contributed by atoms with E-state index in [2.05, 4.69) is 26.0 Å². The van der Waals surface area contributed by atoms with Crippen LogP contribution < -0.4 is 5.73 Å². The summed E-state index contributed by atoms with van der Waals surface area (Å²) in [7, 11) is 0. The van der Waals surface area contributed by atoms with Gasteiger partial charge < -0.3 is 10.7 Å². The molecule has 0 amide bonds. The van der Waals surface area contributed by atoms with E-state index in [9.17, 15) is 0 Å². The van der Waals surface area contributed by atoms with Crippen LogP contribution in [-0.4, -0.2) is 19.9 Å². The molecule has 0 bridgehead atoms. The van der Waals surface area contributed by atoms with E-state index < -0.39 is 0 Å². The Morgan fingerprint density at radius 2 is 2.19 bits per heavy atom. The molecule has 2 aromatic heterocycles. The van der Waals surface area contributed by atoms with Crippen LogP contribution in [0.5, 0.6) is 0 Å². The number of rotatable bonds is 1. The highest BCUT2D eigenvalue weighted by molar-refractivity contribution is 5.82. The number of nitrogens with one attached hydrogen (secondary N) is 1. The molecule has 0 aliphatic heterocycles. The van der Waals surface area contributed by atoms with Gasteiger partial charge in [-0.3, -0.25) is 0 Å². The summed E-state index contributed by atoms with van der Waals surface area (Å²) in [5.41, 5.74) is 8.43. The fourth-order valence-electron chi connectivity index (χ4n) is 2.04. The number of H-pyrrole nitrogens is 1. The van der Waals surface area contributed by atoms with Gasteiger partial charge in [-0.15, -0.1) is 0 Å². The molecule has 2 heterocycles. The van der Waals surface area contributed by atoms with E-state index in [0.717, 1.165) is 24.2 Å². The average Bonchev–Trinajstić information content (AvgIpc) is 2.79. The molecule has 0 saturated heterocycles. The molecule has 3 N–H and O–H groups in total.